The van der Waals surface area contributed by atoms with E-state index >= 15 is 0 Å². The number of carbonyl (C=O) groups excluding carboxylic acids is 5. The van der Waals surface area contributed by atoms with Crippen molar-refractivity contribution in [1.29, 1.82) is 0 Å². The molecule has 0 saturated carbocycles. The average Bonchev–Trinajstić information content (AvgIpc) is 2.62. The van der Waals surface area contributed by atoms with Crippen molar-refractivity contribution in [3.05, 3.63) is 60.7 Å². The maximum absolute atomic E-state index is 12.8. The van der Waals surface area contributed by atoms with Crippen molar-refractivity contribution in [3.8, 4) is 0 Å². The van der Waals surface area contributed by atoms with Crippen LogP contribution in [0.25, 0.3) is 0 Å². The largest absolute Gasteiger partial charge is 1.00 e. The van der Waals surface area contributed by atoms with Gasteiger partial charge in [-0.2, -0.15) is 0 Å². The topological polar surface area (TPSA) is 284 Å². The van der Waals surface area contributed by atoms with Gasteiger partial charge in [0, 0.05) is 37.1 Å². The minimum atomic E-state index is -5.20. The van der Waals surface area contributed by atoms with E-state index < -0.39 is 97.5 Å². The van der Waals surface area contributed by atoms with Gasteiger partial charge in [-0.15, -0.1) is 0 Å². The van der Waals surface area contributed by atoms with Crippen LogP contribution in [0.5, 0.6) is 0 Å². The minimum Gasteiger partial charge on any atom is -0.756 e. The average molecular weight is 1390 g/mol. The molecule has 0 fully saturated rings. The van der Waals surface area contributed by atoms with Crippen molar-refractivity contribution in [2.24, 2.45) is 0 Å². The number of unbranched alkanes of at least 4 members (excludes halogenated alkanes) is 32. The number of benzene rings is 2. The summed E-state index contributed by atoms with van der Waals surface area (Å²) >= 11 is 0. The van der Waals surface area contributed by atoms with Gasteiger partial charge >= 0.3 is 89.0 Å². The van der Waals surface area contributed by atoms with Gasteiger partial charge < -0.3 is 62.6 Å². The molecule has 2 amide bonds. The van der Waals surface area contributed by atoms with Gasteiger partial charge in [-0.1, -0.05) is 270 Å². The van der Waals surface area contributed by atoms with E-state index in [2.05, 4.69) is 38.3 Å². The van der Waals surface area contributed by atoms with E-state index in [1.807, 2.05) is 60.7 Å². The Balaban J connectivity index is 0. The third kappa shape index (κ3) is 60.9. The number of urea groups is 1. The molecule has 20 nitrogen and oxygen atoms in total. The monoisotopic (exact) mass is 1380 g/mol. The van der Waals surface area contributed by atoms with E-state index in [0.717, 1.165) is 114 Å². The normalized spacial score (nSPS) is 13.2. The van der Waals surface area contributed by atoms with Crippen LogP contribution in [0, 0.1) is 0 Å². The van der Waals surface area contributed by atoms with Crippen molar-refractivity contribution in [1.82, 2.24) is 0 Å². The fraction of sp³-hybridized carbons (Fsp3) is 0.757. The Labute approximate surface area is 610 Å². The molecule has 0 aliphatic rings. The summed E-state index contributed by atoms with van der Waals surface area (Å²) in [4.78, 5) is 87.8. The van der Waals surface area contributed by atoms with E-state index in [4.69, 9.17) is 37.0 Å². The van der Waals surface area contributed by atoms with Crippen LogP contribution < -0.4 is 79.5 Å². The van der Waals surface area contributed by atoms with Crippen LogP contribution in [0.2, 0.25) is 0 Å². The van der Waals surface area contributed by atoms with Crippen LogP contribution in [0.4, 0.5) is 16.2 Å². The van der Waals surface area contributed by atoms with Gasteiger partial charge in [0.05, 0.1) is 26.4 Å². The SMILES string of the molecule is CCCCCCCCCCCC(=O)OCC(COP(=O)([O-])OCC(O)COP(=O)([O-])OCC(COC(=O)CCCCCCCCCCC)OC(=O)CCCCCCCCCCC)OC(=O)CCCCCCCCCCC.O=C(Nc1ccccc1)Nc1ccccc1.[Na+].[Na+]. The van der Waals surface area contributed by atoms with E-state index in [1.54, 1.807) is 0 Å². The molecule has 0 aromatic heterocycles. The number of anilines is 2. The predicted molar refractivity (Wildman–Crippen MR) is 360 cm³/mol. The number of aliphatic hydroxyl groups is 1. The summed E-state index contributed by atoms with van der Waals surface area (Å²) in [6.07, 6.45) is 34.2. The van der Waals surface area contributed by atoms with Crippen LogP contribution in [0.15, 0.2) is 60.7 Å². The number of esters is 4. The minimum absolute atomic E-state index is 0. The first-order valence-electron chi connectivity index (χ1n) is 35.3. The Morgan fingerprint density at radius 1 is 0.362 bits per heavy atom. The number of rotatable bonds is 60. The summed E-state index contributed by atoms with van der Waals surface area (Å²) in [7, 11) is -10.4. The zero-order valence-electron chi connectivity index (χ0n) is 58.8. The standard InChI is InChI=1S/C57H110O17P2.C13H12N2O.2Na/c1-5-9-13-17-21-25-29-33-37-41-54(59)67-47-52(73-56(61)43-39-35-31-27-23-19-15-11-7-3)49-71-75(63,64)69-45-51(58)46-70-76(65,66)72-50-53(74-57(62)44-40-36-32-28-24-20-16-12-8-4)48-68-55(60)42-38-34-30-26-22-18-14-10-6-2;16-13(14-11-7-3-1-4-8-11)15-12-9-5-2-6-10-12;;/h51-53,58H,5-50H2,1-4H3,(H,63,64)(H,65,66);1-10H,(H2,14,15,16);;/q;;2*+1/p-2. The molecule has 0 bridgehead atoms. The third-order valence-corrected chi connectivity index (χ3v) is 17.0. The molecule has 0 saturated heterocycles. The molecule has 94 heavy (non-hydrogen) atoms. The van der Waals surface area contributed by atoms with Crippen molar-refractivity contribution in [2.75, 3.05) is 50.3 Å². The van der Waals surface area contributed by atoms with Crippen LogP contribution >= 0.6 is 15.6 Å². The molecule has 0 aliphatic heterocycles. The number of phosphoric acid groups is 2. The van der Waals surface area contributed by atoms with Crippen molar-refractivity contribution in [3.63, 3.8) is 0 Å². The first-order valence-corrected chi connectivity index (χ1v) is 38.2. The molecule has 530 valence electrons. The molecule has 0 spiro atoms. The smallest absolute Gasteiger partial charge is 0.756 e. The van der Waals surface area contributed by atoms with E-state index in [1.165, 1.54) is 103 Å². The summed E-state index contributed by atoms with van der Waals surface area (Å²) in [6, 6.07) is 18.4. The molecule has 0 heterocycles. The van der Waals surface area contributed by atoms with Crippen LogP contribution in [0.3, 0.4) is 0 Å². The number of amides is 2. The van der Waals surface area contributed by atoms with Gasteiger partial charge in [0.1, 0.15) is 19.3 Å². The second kappa shape index (κ2) is 65.4. The van der Waals surface area contributed by atoms with Crippen LogP contribution in [-0.4, -0.2) is 93.0 Å². The van der Waals surface area contributed by atoms with Crippen LogP contribution in [0.1, 0.15) is 285 Å². The van der Waals surface area contributed by atoms with Crippen LogP contribution in [-0.2, 0) is 65.4 Å². The molecule has 4 atom stereocenters. The Hall–Kier alpha value is -2.23. The van der Waals surface area contributed by atoms with Gasteiger partial charge in [-0.25, -0.2) is 4.79 Å². The van der Waals surface area contributed by atoms with Gasteiger partial charge in [0.15, 0.2) is 12.2 Å². The summed E-state index contributed by atoms with van der Waals surface area (Å²) < 4.78 is 66.7. The number of para-hydroxylation sites is 2. The van der Waals surface area contributed by atoms with Crippen molar-refractivity contribution < 1.29 is 144 Å². The second-order valence-electron chi connectivity index (χ2n) is 23.9. The summed E-state index contributed by atoms with van der Waals surface area (Å²) in [5.41, 5.74) is 1.55. The molecule has 2 rings (SSSR count). The number of hydrogen-bond donors (Lipinski definition) is 3. The summed E-state index contributed by atoms with van der Waals surface area (Å²) in [5.74, 6) is -2.24. The summed E-state index contributed by atoms with van der Waals surface area (Å²) in [5, 5.41) is 15.9. The molecule has 0 aliphatic carbocycles. The van der Waals surface area contributed by atoms with Gasteiger partial charge in [-0.05, 0) is 49.9 Å². The maximum Gasteiger partial charge on any atom is 1.00 e. The molecule has 2 aromatic carbocycles. The van der Waals surface area contributed by atoms with Crippen molar-refractivity contribution in [2.45, 2.75) is 303 Å². The molecule has 24 heteroatoms. The van der Waals surface area contributed by atoms with Gasteiger partial charge in [-0.3, -0.25) is 28.3 Å². The fourth-order valence-corrected chi connectivity index (χ4v) is 11.3. The number of hydrogen-bond acceptors (Lipinski definition) is 18. The molecule has 4 unspecified atom stereocenters. The van der Waals surface area contributed by atoms with Gasteiger partial charge in [0.2, 0.25) is 0 Å². The molecule has 2 aromatic rings. The second-order valence-corrected chi connectivity index (χ2v) is 26.8. The predicted octanol–water partition coefficient (Wildman–Crippen LogP) is 11.3. The maximum atomic E-state index is 12.8. The first-order chi connectivity index (χ1) is 44.5. The zero-order chi connectivity index (χ0) is 67.4. The van der Waals surface area contributed by atoms with Gasteiger partial charge in [0.25, 0.3) is 15.6 Å². The third-order valence-electron chi connectivity index (χ3n) is 15.1. The van der Waals surface area contributed by atoms with E-state index in [9.17, 15) is 48.0 Å². The van der Waals surface area contributed by atoms with E-state index in [0.29, 0.717) is 25.7 Å². The molecule has 3 N–H and O–H groups in total. The first kappa shape index (κ1) is 93.8. The Morgan fingerprint density at radius 2 is 0.596 bits per heavy atom. The molecular weight excluding hydrogens is 1260 g/mol. The number of phosphoric ester groups is 2. The fourth-order valence-electron chi connectivity index (χ4n) is 9.72. The Morgan fingerprint density at radius 3 is 0.862 bits per heavy atom. The Bertz CT molecular complexity index is 2080. The quantitative estimate of drug-likeness (QED) is 0.0182. The number of ether oxygens (including phenoxy) is 4. The van der Waals surface area contributed by atoms with E-state index in [-0.39, 0.29) is 90.8 Å². The zero-order valence-corrected chi connectivity index (χ0v) is 64.6. The Kier molecular flexibility index (Phi) is 65.3. The number of aliphatic hydroxyl groups excluding tert-OH is 1. The number of carbonyl (C=O) groups is 5. The summed E-state index contributed by atoms with van der Waals surface area (Å²) in [6.45, 7) is 4.36. The van der Waals surface area contributed by atoms with Crippen molar-refractivity contribution >= 4 is 56.9 Å². The molecular formula is C70H120N2Na2O18P2. The molecule has 0 radical (unpaired) electrons. The number of nitrogens with one attached hydrogen (secondary N) is 2.